The van der Waals surface area contributed by atoms with Crippen molar-refractivity contribution < 1.29 is 0 Å². The van der Waals surface area contributed by atoms with Gasteiger partial charge in [-0.15, -0.1) is 0 Å². The smallest absolute Gasteiger partial charge is 0.0537 e. The molecule has 0 amide bonds. The van der Waals surface area contributed by atoms with E-state index in [2.05, 4.69) is 37.4 Å². The van der Waals surface area contributed by atoms with Gasteiger partial charge >= 0.3 is 0 Å². The Labute approximate surface area is 105 Å². The molecule has 96 valence electrons. The number of hydrogen-bond acceptors (Lipinski definition) is 2. The molecule has 1 saturated carbocycles. The molecule has 3 nitrogen and oxygen atoms in total. The van der Waals surface area contributed by atoms with E-state index in [0.29, 0.717) is 12.1 Å². The van der Waals surface area contributed by atoms with Gasteiger partial charge in [0.15, 0.2) is 0 Å². The molecule has 2 rings (SSSR count). The summed E-state index contributed by atoms with van der Waals surface area (Å²) >= 11 is 0. The van der Waals surface area contributed by atoms with E-state index in [0.717, 1.165) is 11.8 Å². The van der Waals surface area contributed by atoms with Gasteiger partial charge in [0.2, 0.25) is 0 Å². The van der Waals surface area contributed by atoms with Crippen LogP contribution < -0.4 is 5.32 Å². The first-order chi connectivity index (χ1) is 8.04. The Morgan fingerprint density at radius 3 is 2.47 bits per heavy atom. The number of hydrogen-bond donors (Lipinski definition) is 1. The molecule has 1 heterocycles. The molecule has 1 aromatic rings. The van der Waals surface area contributed by atoms with Crippen LogP contribution in [0.3, 0.4) is 0 Å². The lowest BCUT2D eigenvalue weighted by Crippen LogP contribution is -2.37. The second-order valence-electron chi connectivity index (χ2n) is 5.95. The lowest BCUT2D eigenvalue weighted by atomic mass is 9.80. The minimum atomic E-state index is 0.409. The Morgan fingerprint density at radius 1 is 1.29 bits per heavy atom. The normalized spacial score (nSPS) is 31.4. The van der Waals surface area contributed by atoms with Crippen LogP contribution in [0.15, 0.2) is 12.4 Å². The number of aryl methyl sites for hydroxylation is 1. The maximum absolute atomic E-state index is 4.24. The third-order valence-electron chi connectivity index (χ3n) is 3.89. The van der Waals surface area contributed by atoms with E-state index in [1.165, 1.54) is 24.8 Å². The molecule has 1 aliphatic carbocycles. The van der Waals surface area contributed by atoms with Crippen LogP contribution in [0.4, 0.5) is 0 Å². The fraction of sp³-hybridized carbons (Fsp3) is 0.786. The first-order valence-corrected chi connectivity index (χ1v) is 6.79. The van der Waals surface area contributed by atoms with Crippen LogP contribution in [-0.2, 0) is 7.05 Å². The second kappa shape index (κ2) is 5.21. The van der Waals surface area contributed by atoms with E-state index in [1.807, 2.05) is 17.9 Å². The average Bonchev–Trinajstić information content (AvgIpc) is 2.63. The van der Waals surface area contributed by atoms with Crippen molar-refractivity contribution in [3.8, 4) is 0 Å². The Balaban J connectivity index is 1.92. The summed E-state index contributed by atoms with van der Waals surface area (Å²) in [5.74, 6) is 1.72. The lowest BCUT2D eigenvalue weighted by Gasteiger charge is -2.33. The van der Waals surface area contributed by atoms with Crippen molar-refractivity contribution in [1.29, 1.82) is 0 Å². The Bertz CT molecular complexity index is 348. The highest BCUT2D eigenvalue weighted by molar-refractivity contribution is 5.09. The number of nitrogens with one attached hydrogen (secondary N) is 1. The van der Waals surface area contributed by atoms with Crippen molar-refractivity contribution in [2.75, 3.05) is 0 Å². The van der Waals surface area contributed by atoms with Gasteiger partial charge in [-0.25, -0.2) is 0 Å². The zero-order valence-electron chi connectivity index (χ0n) is 11.5. The van der Waals surface area contributed by atoms with Crippen LogP contribution in [0.25, 0.3) is 0 Å². The zero-order valence-corrected chi connectivity index (χ0v) is 11.5. The summed E-state index contributed by atoms with van der Waals surface area (Å²) in [4.78, 5) is 0. The molecule has 1 fully saturated rings. The summed E-state index contributed by atoms with van der Waals surface area (Å²) in [5.41, 5.74) is 1.29. The molecule has 3 atom stereocenters. The lowest BCUT2D eigenvalue weighted by molar-refractivity contribution is 0.228. The fourth-order valence-electron chi connectivity index (χ4n) is 3.20. The zero-order chi connectivity index (χ0) is 12.4. The first-order valence-electron chi connectivity index (χ1n) is 6.79. The fourth-order valence-corrected chi connectivity index (χ4v) is 3.20. The average molecular weight is 235 g/mol. The van der Waals surface area contributed by atoms with Crippen LogP contribution in [0.5, 0.6) is 0 Å². The van der Waals surface area contributed by atoms with Crippen LogP contribution in [0.1, 0.15) is 51.6 Å². The topological polar surface area (TPSA) is 29.9 Å². The SMILES string of the molecule is CC1CC(C)CC(NC(C)c2cnn(C)c2)C1. The summed E-state index contributed by atoms with van der Waals surface area (Å²) in [6, 6.07) is 1.08. The quantitative estimate of drug-likeness (QED) is 0.873. The molecule has 0 radical (unpaired) electrons. The van der Waals surface area contributed by atoms with Crippen molar-refractivity contribution in [2.24, 2.45) is 18.9 Å². The molecule has 1 aliphatic rings. The first kappa shape index (κ1) is 12.6. The maximum Gasteiger partial charge on any atom is 0.0537 e. The van der Waals surface area contributed by atoms with Crippen molar-refractivity contribution in [3.63, 3.8) is 0 Å². The van der Waals surface area contributed by atoms with Crippen LogP contribution in [0, 0.1) is 11.8 Å². The van der Waals surface area contributed by atoms with Crippen molar-refractivity contribution in [3.05, 3.63) is 18.0 Å². The van der Waals surface area contributed by atoms with Crippen LogP contribution in [-0.4, -0.2) is 15.8 Å². The molecule has 1 aromatic heterocycles. The van der Waals surface area contributed by atoms with Crippen LogP contribution >= 0.6 is 0 Å². The molecule has 3 heteroatoms. The van der Waals surface area contributed by atoms with Gasteiger partial charge in [-0.05, 0) is 38.0 Å². The van der Waals surface area contributed by atoms with E-state index in [9.17, 15) is 0 Å². The van der Waals surface area contributed by atoms with Gasteiger partial charge in [-0.3, -0.25) is 4.68 Å². The molecule has 0 aliphatic heterocycles. The second-order valence-corrected chi connectivity index (χ2v) is 5.95. The van der Waals surface area contributed by atoms with Gasteiger partial charge < -0.3 is 5.32 Å². The Morgan fingerprint density at radius 2 is 1.94 bits per heavy atom. The molecule has 0 saturated heterocycles. The summed E-state index contributed by atoms with van der Waals surface area (Å²) in [5, 5.41) is 7.99. The molecule has 0 bridgehead atoms. The summed E-state index contributed by atoms with van der Waals surface area (Å²) in [6.07, 6.45) is 8.09. The van der Waals surface area contributed by atoms with Crippen molar-refractivity contribution >= 4 is 0 Å². The Hall–Kier alpha value is -0.830. The third kappa shape index (κ3) is 3.32. The summed E-state index contributed by atoms with van der Waals surface area (Å²) in [7, 11) is 1.97. The standard InChI is InChI=1S/C14H25N3/c1-10-5-11(2)7-14(6-10)16-12(3)13-8-15-17(4)9-13/h8-12,14,16H,5-7H2,1-4H3. The van der Waals surface area contributed by atoms with Crippen LogP contribution in [0.2, 0.25) is 0 Å². The predicted molar refractivity (Wildman–Crippen MR) is 70.7 cm³/mol. The molecule has 0 spiro atoms. The van der Waals surface area contributed by atoms with E-state index in [-0.39, 0.29) is 0 Å². The summed E-state index contributed by atoms with van der Waals surface area (Å²) in [6.45, 7) is 6.99. The summed E-state index contributed by atoms with van der Waals surface area (Å²) < 4.78 is 1.87. The number of nitrogens with zero attached hydrogens (tertiary/aromatic N) is 2. The minimum absolute atomic E-state index is 0.409. The van der Waals surface area contributed by atoms with Gasteiger partial charge in [0.1, 0.15) is 0 Å². The number of aromatic nitrogens is 2. The van der Waals surface area contributed by atoms with E-state index in [4.69, 9.17) is 0 Å². The monoisotopic (exact) mass is 235 g/mol. The number of rotatable bonds is 3. The van der Waals surface area contributed by atoms with Gasteiger partial charge in [0, 0.05) is 30.9 Å². The molecular weight excluding hydrogens is 210 g/mol. The van der Waals surface area contributed by atoms with E-state index < -0.39 is 0 Å². The highest BCUT2D eigenvalue weighted by atomic mass is 15.2. The van der Waals surface area contributed by atoms with Gasteiger partial charge in [-0.2, -0.15) is 5.10 Å². The molecule has 0 aromatic carbocycles. The van der Waals surface area contributed by atoms with Crippen molar-refractivity contribution in [2.45, 2.75) is 52.1 Å². The van der Waals surface area contributed by atoms with Gasteiger partial charge in [0.25, 0.3) is 0 Å². The minimum Gasteiger partial charge on any atom is -0.307 e. The Kier molecular flexibility index (Phi) is 3.87. The molecular formula is C14H25N3. The largest absolute Gasteiger partial charge is 0.307 e. The highest BCUT2D eigenvalue weighted by Gasteiger charge is 2.25. The molecule has 1 N–H and O–H groups in total. The third-order valence-corrected chi connectivity index (χ3v) is 3.89. The van der Waals surface area contributed by atoms with E-state index in [1.54, 1.807) is 0 Å². The highest BCUT2D eigenvalue weighted by Crippen LogP contribution is 2.29. The van der Waals surface area contributed by atoms with E-state index >= 15 is 0 Å². The predicted octanol–water partition coefficient (Wildman–Crippen LogP) is 2.90. The molecule has 17 heavy (non-hydrogen) atoms. The van der Waals surface area contributed by atoms with Gasteiger partial charge in [0.05, 0.1) is 6.20 Å². The van der Waals surface area contributed by atoms with Crippen molar-refractivity contribution in [1.82, 2.24) is 15.1 Å². The van der Waals surface area contributed by atoms with Gasteiger partial charge in [-0.1, -0.05) is 13.8 Å². The molecule has 3 unspecified atom stereocenters. The maximum atomic E-state index is 4.24.